The number of esters is 1. The Bertz CT molecular complexity index is 461. The molecule has 0 heterocycles. The second-order valence-electron chi connectivity index (χ2n) is 3.71. The highest BCUT2D eigenvalue weighted by Crippen LogP contribution is 2.15. The van der Waals surface area contributed by atoms with Crippen molar-refractivity contribution in [2.24, 2.45) is 0 Å². The number of ether oxygens (including phenoxy) is 1. The Morgan fingerprint density at radius 2 is 2.17 bits per heavy atom. The van der Waals surface area contributed by atoms with Crippen molar-refractivity contribution in [2.45, 2.75) is 13.0 Å². The summed E-state index contributed by atoms with van der Waals surface area (Å²) in [5, 5.41) is 12.2. The molecule has 0 aliphatic rings. The number of methoxy groups -OCH3 is 1. The molecular weight excluding hydrogens is 258 g/mol. The number of aryl methyl sites for hydroxylation is 1. The molecule has 1 rings (SSSR count). The van der Waals surface area contributed by atoms with Crippen molar-refractivity contribution in [3.8, 4) is 0 Å². The van der Waals surface area contributed by atoms with Crippen molar-refractivity contribution in [1.82, 2.24) is 5.32 Å². The molecule has 1 atom stereocenters. The molecule has 0 saturated carbocycles. The number of amides is 1. The SMILES string of the molecule is COC(=O)C(O)CNC(=O)c1cc(Cl)ccc1C. The van der Waals surface area contributed by atoms with E-state index in [0.717, 1.165) is 12.7 Å². The molecule has 0 aliphatic carbocycles. The van der Waals surface area contributed by atoms with Gasteiger partial charge in [0.15, 0.2) is 6.10 Å². The largest absolute Gasteiger partial charge is 0.467 e. The summed E-state index contributed by atoms with van der Waals surface area (Å²) >= 11 is 5.79. The van der Waals surface area contributed by atoms with Gasteiger partial charge in [-0.1, -0.05) is 17.7 Å². The molecule has 98 valence electrons. The van der Waals surface area contributed by atoms with Gasteiger partial charge in [0.05, 0.1) is 13.7 Å². The summed E-state index contributed by atoms with van der Waals surface area (Å²) in [5.41, 5.74) is 1.16. The molecule has 0 saturated heterocycles. The minimum atomic E-state index is -1.38. The monoisotopic (exact) mass is 271 g/mol. The summed E-state index contributed by atoms with van der Waals surface area (Å²) in [4.78, 5) is 22.7. The summed E-state index contributed by atoms with van der Waals surface area (Å²) in [5.74, 6) is -1.20. The standard InChI is InChI=1S/C12H14ClNO4/c1-7-3-4-8(13)5-9(7)11(16)14-6-10(15)12(17)18-2/h3-5,10,15H,6H2,1-2H3,(H,14,16). The topological polar surface area (TPSA) is 75.6 Å². The zero-order chi connectivity index (χ0) is 13.7. The number of rotatable bonds is 4. The molecule has 0 fully saturated rings. The van der Waals surface area contributed by atoms with Gasteiger partial charge in [0.2, 0.25) is 0 Å². The number of aliphatic hydroxyl groups excluding tert-OH is 1. The second kappa shape index (κ2) is 6.37. The van der Waals surface area contributed by atoms with Crippen LogP contribution in [0.5, 0.6) is 0 Å². The van der Waals surface area contributed by atoms with E-state index in [-0.39, 0.29) is 6.54 Å². The first kappa shape index (κ1) is 14.5. The van der Waals surface area contributed by atoms with E-state index in [2.05, 4.69) is 10.1 Å². The maximum atomic E-state index is 11.8. The lowest BCUT2D eigenvalue weighted by molar-refractivity contribution is -0.149. The van der Waals surface area contributed by atoms with E-state index in [0.29, 0.717) is 10.6 Å². The number of aliphatic hydroxyl groups is 1. The quantitative estimate of drug-likeness (QED) is 0.798. The second-order valence-corrected chi connectivity index (χ2v) is 4.14. The molecule has 5 nitrogen and oxygen atoms in total. The lowest BCUT2D eigenvalue weighted by atomic mass is 10.1. The van der Waals surface area contributed by atoms with E-state index in [1.54, 1.807) is 19.1 Å². The number of hydrogen-bond acceptors (Lipinski definition) is 4. The van der Waals surface area contributed by atoms with Crippen molar-refractivity contribution in [1.29, 1.82) is 0 Å². The van der Waals surface area contributed by atoms with Crippen molar-refractivity contribution < 1.29 is 19.4 Å². The maximum Gasteiger partial charge on any atom is 0.336 e. The van der Waals surface area contributed by atoms with Crippen LogP contribution in [0.1, 0.15) is 15.9 Å². The van der Waals surface area contributed by atoms with Crippen LogP contribution in [0.3, 0.4) is 0 Å². The Morgan fingerprint density at radius 1 is 1.50 bits per heavy atom. The minimum absolute atomic E-state index is 0.211. The third kappa shape index (κ3) is 3.72. The Kier molecular flexibility index (Phi) is 5.12. The van der Waals surface area contributed by atoms with Crippen LogP contribution in [0.15, 0.2) is 18.2 Å². The van der Waals surface area contributed by atoms with E-state index >= 15 is 0 Å². The average molecular weight is 272 g/mol. The van der Waals surface area contributed by atoms with Gasteiger partial charge in [0.1, 0.15) is 0 Å². The van der Waals surface area contributed by atoms with E-state index in [1.807, 2.05) is 0 Å². The first-order valence-corrected chi connectivity index (χ1v) is 5.63. The molecule has 0 bridgehead atoms. The highest BCUT2D eigenvalue weighted by molar-refractivity contribution is 6.31. The van der Waals surface area contributed by atoms with Crippen LogP contribution < -0.4 is 5.32 Å². The van der Waals surface area contributed by atoms with Crippen LogP contribution in [0.4, 0.5) is 0 Å². The third-order valence-corrected chi connectivity index (χ3v) is 2.61. The summed E-state index contributed by atoms with van der Waals surface area (Å²) in [6, 6.07) is 4.92. The van der Waals surface area contributed by atoms with E-state index in [1.165, 1.54) is 6.07 Å². The van der Waals surface area contributed by atoms with E-state index in [4.69, 9.17) is 11.6 Å². The number of carbonyl (C=O) groups is 2. The molecule has 0 spiro atoms. The molecule has 2 N–H and O–H groups in total. The fourth-order valence-electron chi connectivity index (χ4n) is 1.34. The number of benzene rings is 1. The predicted octanol–water partition coefficient (Wildman–Crippen LogP) is 0.912. The van der Waals surface area contributed by atoms with Crippen LogP contribution >= 0.6 is 11.6 Å². The fraction of sp³-hybridized carbons (Fsp3) is 0.333. The molecule has 1 aromatic rings. The molecule has 0 aromatic heterocycles. The number of hydrogen-bond donors (Lipinski definition) is 2. The van der Waals surface area contributed by atoms with Crippen molar-refractivity contribution in [3.05, 3.63) is 34.3 Å². The zero-order valence-corrected chi connectivity index (χ0v) is 10.8. The van der Waals surface area contributed by atoms with Crippen LogP contribution in [0, 0.1) is 6.92 Å². The molecular formula is C12H14ClNO4. The summed E-state index contributed by atoms with van der Waals surface area (Å²) < 4.78 is 4.33. The average Bonchev–Trinajstić information content (AvgIpc) is 2.37. The van der Waals surface area contributed by atoms with Gasteiger partial charge in [0, 0.05) is 10.6 Å². The summed E-state index contributed by atoms with van der Waals surface area (Å²) in [7, 11) is 1.16. The highest BCUT2D eigenvalue weighted by Gasteiger charge is 2.17. The minimum Gasteiger partial charge on any atom is -0.467 e. The predicted molar refractivity (Wildman–Crippen MR) is 66.5 cm³/mol. The van der Waals surface area contributed by atoms with Crippen LogP contribution in [-0.4, -0.2) is 36.7 Å². The van der Waals surface area contributed by atoms with Crippen LogP contribution in [0.25, 0.3) is 0 Å². The van der Waals surface area contributed by atoms with Gasteiger partial charge < -0.3 is 15.2 Å². The lowest BCUT2D eigenvalue weighted by Crippen LogP contribution is -2.37. The molecule has 0 aliphatic heterocycles. The van der Waals surface area contributed by atoms with Crippen molar-refractivity contribution in [2.75, 3.05) is 13.7 Å². The fourth-order valence-corrected chi connectivity index (χ4v) is 1.51. The van der Waals surface area contributed by atoms with Gasteiger partial charge in [-0.3, -0.25) is 4.79 Å². The van der Waals surface area contributed by atoms with Gasteiger partial charge >= 0.3 is 5.97 Å². The van der Waals surface area contributed by atoms with Crippen LogP contribution in [0.2, 0.25) is 5.02 Å². The lowest BCUT2D eigenvalue weighted by Gasteiger charge is -2.11. The van der Waals surface area contributed by atoms with E-state index in [9.17, 15) is 14.7 Å². The van der Waals surface area contributed by atoms with Gasteiger partial charge in [-0.15, -0.1) is 0 Å². The summed E-state index contributed by atoms with van der Waals surface area (Å²) in [6.45, 7) is 1.55. The van der Waals surface area contributed by atoms with Gasteiger partial charge in [-0.2, -0.15) is 0 Å². The van der Waals surface area contributed by atoms with Crippen molar-refractivity contribution >= 4 is 23.5 Å². The van der Waals surface area contributed by atoms with Crippen molar-refractivity contribution in [3.63, 3.8) is 0 Å². The molecule has 18 heavy (non-hydrogen) atoms. The molecule has 0 radical (unpaired) electrons. The summed E-state index contributed by atoms with van der Waals surface area (Å²) in [6.07, 6.45) is -1.38. The Hall–Kier alpha value is -1.59. The normalized spacial score (nSPS) is 11.8. The molecule has 6 heteroatoms. The first-order valence-electron chi connectivity index (χ1n) is 5.26. The molecule has 1 aromatic carbocycles. The zero-order valence-electron chi connectivity index (χ0n) is 10.1. The van der Waals surface area contributed by atoms with Gasteiger partial charge in [0.25, 0.3) is 5.91 Å². The highest BCUT2D eigenvalue weighted by atomic mass is 35.5. The van der Waals surface area contributed by atoms with Gasteiger partial charge in [-0.05, 0) is 24.6 Å². The third-order valence-electron chi connectivity index (χ3n) is 2.37. The molecule has 1 unspecified atom stereocenters. The molecule has 1 amide bonds. The Morgan fingerprint density at radius 3 is 2.78 bits per heavy atom. The first-order chi connectivity index (χ1) is 8.45. The number of carbonyl (C=O) groups excluding carboxylic acids is 2. The van der Waals surface area contributed by atoms with Crippen LogP contribution in [-0.2, 0) is 9.53 Å². The Labute approximate surface area is 110 Å². The number of nitrogens with one attached hydrogen (secondary N) is 1. The smallest absolute Gasteiger partial charge is 0.336 e. The van der Waals surface area contributed by atoms with Gasteiger partial charge in [-0.25, -0.2) is 4.79 Å². The number of halogens is 1. The Balaban J connectivity index is 2.66. The van der Waals surface area contributed by atoms with E-state index < -0.39 is 18.0 Å². The maximum absolute atomic E-state index is 11.8.